The largest absolute Gasteiger partial charge is 0.348 e. The maximum atomic E-state index is 12.9. The van der Waals surface area contributed by atoms with Crippen LogP contribution in [0.25, 0.3) is 0 Å². The summed E-state index contributed by atoms with van der Waals surface area (Å²) in [4.78, 5) is 12.9. The highest BCUT2D eigenvalue weighted by molar-refractivity contribution is 7.92. The second kappa shape index (κ2) is 8.92. The van der Waals surface area contributed by atoms with Gasteiger partial charge in [0.15, 0.2) is 0 Å². The highest BCUT2D eigenvalue weighted by Crippen LogP contribution is 2.25. The van der Waals surface area contributed by atoms with Crippen LogP contribution in [0.1, 0.15) is 27.0 Å². The highest BCUT2D eigenvalue weighted by Gasteiger charge is 2.23. The van der Waals surface area contributed by atoms with Crippen molar-refractivity contribution in [2.24, 2.45) is 0 Å². The van der Waals surface area contributed by atoms with Crippen LogP contribution < -0.4 is 9.62 Å². The summed E-state index contributed by atoms with van der Waals surface area (Å²) in [6.45, 7) is 2.53. The van der Waals surface area contributed by atoms with Gasteiger partial charge >= 0.3 is 0 Å². The molecule has 3 aromatic carbocycles. The molecule has 3 aromatic rings. The predicted molar refractivity (Wildman–Crippen MR) is 116 cm³/mol. The Hall–Kier alpha value is -3.12. The lowest BCUT2D eigenvalue weighted by Crippen LogP contribution is -2.32. The van der Waals surface area contributed by atoms with Crippen molar-refractivity contribution >= 4 is 21.6 Å². The van der Waals surface area contributed by atoms with Gasteiger partial charge in [-0.1, -0.05) is 72.3 Å². The molecular weight excluding hydrogens is 384 g/mol. The van der Waals surface area contributed by atoms with Gasteiger partial charge < -0.3 is 5.32 Å². The lowest BCUT2D eigenvalue weighted by molar-refractivity contribution is 0.0951. The van der Waals surface area contributed by atoms with Crippen LogP contribution in [-0.2, 0) is 23.1 Å². The van der Waals surface area contributed by atoms with Crippen LogP contribution >= 0.6 is 0 Å². The van der Waals surface area contributed by atoms with Crippen molar-refractivity contribution in [2.45, 2.75) is 20.0 Å². The summed E-state index contributed by atoms with van der Waals surface area (Å²) < 4.78 is 26.3. The number of nitrogens with zero attached hydrogens (tertiary/aromatic N) is 1. The first-order chi connectivity index (χ1) is 13.8. The Kier molecular flexibility index (Phi) is 6.34. The van der Waals surface area contributed by atoms with Crippen LogP contribution in [0.15, 0.2) is 78.9 Å². The molecule has 0 atom stereocenters. The zero-order valence-electron chi connectivity index (χ0n) is 16.5. The zero-order valence-corrected chi connectivity index (χ0v) is 17.3. The van der Waals surface area contributed by atoms with Crippen molar-refractivity contribution < 1.29 is 13.2 Å². The normalized spacial score (nSPS) is 11.1. The fourth-order valence-corrected chi connectivity index (χ4v) is 3.90. The van der Waals surface area contributed by atoms with Crippen LogP contribution in [0.3, 0.4) is 0 Å². The minimum absolute atomic E-state index is 0.155. The van der Waals surface area contributed by atoms with E-state index in [1.807, 2.05) is 61.5 Å². The van der Waals surface area contributed by atoms with Crippen LogP contribution in [-0.4, -0.2) is 20.6 Å². The second-order valence-corrected chi connectivity index (χ2v) is 8.85. The Bertz CT molecular complexity index is 1080. The first-order valence-electron chi connectivity index (χ1n) is 9.29. The molecule has 0 saturated heterocycles. The Morgan fingerprint density at radius 3 is 2.14 bits per heavy atom. The smallest absolute Gasteiger partial charge is 0.253 e. The summed E-state index contributed by atoms with van der Waals surface area (Å²) in [7, 11) is -3.59. The summed E-state index contributed by atoms with van der Waals surface area (Å²) in [5.41, 5.74) is 3.65. The number of anilines is 1. The van der Waals surface area contributed by atoms with Gasteiger partial charge in [-0.3, -0.25) is 9.10 Å². The van der Waals surface area contributed by atoms with Crippen molar-refractivity contribution in [3.05, 3.63) is 101 Å². The summed E-state index contributed by atoms with van der Waals surface area (Å²) in [5.74, 6) is -0.317. The average molecular weight is 409 g/mol. The molecule has 0 aromatic heterocycles. The maximum Gasteiger partial charge on any atom is 0.253 e. The monoisotopic (exact) mass is 408 g/mol. The van der Waals surface area contributed by atoms with Gasteiger partial charge in [0, 0.05) is 6.54 Å². The minimum atomic E-state index is -3.59. The molecule has 0 unspecified atom stereocenters. The van der Waals surface area contributed by atoms with E-state index >= 15 is 0 Å². The third kappa shape index (κ3) is 5.45. The summed E-state index contributed by atoms with van der Waals surface area (Å²) in [5, 5.41) is 2.88. The number of hydrogen-bond donors (Lipinski definition) is 1. The summed E-state index contributed by atoms with van der Waals surface area (Å²) >= 11 is 0. The molecule has 1 N–H and O–H groups in total. The van der Waals surface area contributed by atoms with Gasteiger partial charge in [-0.15, -0.1) is 0 Å². The van der Waals surface area contributed by atoms with Gasteiger partial charge in [0.05, 0.1) is 24.1 Å². The van der Waals surface area contributed by atoms with E-state index in [2.05, 4.69) is 5.32 Å². The molecule has 1 amide bonds. The molecule has 0 spiro atoms. The van der Waals surface area contributed by atoms with E-state index in [1.165, 1.54) is 4.31 Å². The molecule has 150 valence electrons. The fraction of sp³-hybridized carbons (Fsp3) is 0.174. The quantitative estimate of drug-likeness (QED) is 0.645. The number of para-hydroxylation sites is 1. The lowest BCUT2D eigenvalue weighted by Gasteiger charge is -2.24. The standard InChI is InChI=1S/C23H24N2O3S/c1-18-12-14-19(15-13-18)16-24-23(26)21-10-6-7-11-22(21)25(29(2,27)28)17-20-8-4-3-5-9-20/h3-15H,16-17H2,1-2H3,(H,24,26). The Balaban J connectivity index is 1.86. The number of amides is 1. The Morgan fingerprint density at radius 1 is 0.862 bits per heavy atom. The fourth-order valence-electron chi connectivity index (χ4n) is 3.00. The van der Waals surface area contributed by atoms with Gasteiger partial charge in [-0.2, -0.15) is 0 Å². The molecule has 0 fully saturated rings. The molecule has 0 aliphatic heterocycles. The molecule has 5 nitrogen and oxygen atoms in total. The number of carbonyl (C=O) groups excluding carboxylic acids is 1. The van der Waals surface area contributed by atoms with E-state index in [0.717, 1.165) is 22.9 Å². The first kappa shape index (κ1) is 20.6. The molecule has 0 aliphatic carbocycles. The van der Waals surface area contributed by atoms with Gasteiger partial charge in [-0.05, 0) is 30.2 Å². The summed E-state index contributed by atoms with van der Waals surface area (Å²) in [6.07, 6.45) is 1.15. The minimum Gasteiger partial charge on any atom is -0.348 e. The topological polar surface area (TPSA) is 66.5 Å². The van der Waals surface area contributed by atoms with Gasteiger partial charge in [0.1, 0.15) is 0 Å². The number of aryl methyl sites for hydroxylation is 1. The zero-order chi connectivity index (χ0) is 20.9. The van der Waals surface area contributed by atoms with E-state index in [1.54, 1.807) is 24.3 Å². The molecule has 3 rings (SSSR count). The molecule has 0 saturated carbocycles. The van der Waals surface area contributed by atoms with E-state index in [4.69, 9.17) is 0 Å². The van der Waals surface area contributed by atoms with Crippen molar-refractivity contribution in [3.63, 3.8) is 0 Å². The number of nitrogens with one attached hydrogen (secondary N) is 1. The van der Waals surface area contributed by atoms with Crippen LogP contribution in [0.2, 0.25) is 0 Å². The van der Waals surface area contributed by atoms with Gasteiger partial charge in [0.25, 0.3) is 5.91 Å². The number of sulfonamides is 1. The Morgan fingerprint density at radius 2 is 1.48 bits per heavy atom. The average Bonchev–Trinajstić information content (AvgIpc) is 2.71. The van der Waals surface area contributed by atoms with E-state index in [-0.39, 0.29) is 12.5 Å². The SMILES string of the molecule is Cc1ccc(CNC(=O)c2ccccc2N(Cc2ccccc2)S(C)(=O)=O)cc1. The molecule has 6 heteroatoms. The van der Waals surface area contributed by atoms with Crippen molar-refractivity contribution in [2.75, 3.05) is 10.6 Å². The van der Waals surface area contributed by atoms with Crippen molar-refractivity contribution in [1.29, 1.82) is 0 Å². The molecule has 0 heterocycles. The first-order valence-corrected chi connectivity index (χ1v) is 11.1. The van der Waals surface area contributed by atoms with Crippen LogP contribution in [0.5, 0.6) is 0 Å². The second-order valence-electron chi connectivity index (χ2n) is 6.94. The summed E-state index contributed by atoms with van der Waals surface area (Å²) in [6, 6.07) is 24.0. The predicted octanol–water partition coefficient (Wildman–Crippen LogP) is 3.89. The third-order valence-electron chi connectivity index (χ3n) is 4.56. The number of benzene rings is 3. The highest BCUT2D eigenvalue weighted by atomic mass is 32.2. The number of carbonyl (C=O) groups is 1. The van der Waals surface area contributed by atoms with Gasteiger partial charge in [-0.25, -0.2) is 8.42 Å². The van der Waals surface area contributed by atoms with Crippen molar-refractivity contribution in [3.8, 4) is 0 Å². The molecule has 0 radical (unpaired) electrons. The number of hydrogen-bond acceptors (Lipinski definition) is 3. The molecule has 0 bridgehead atoms. The van der Waals surface area contributed by atoms with E-state index in [0.29, 0.717) is 17.8 Å². The Labute approximate surface area is 172 Å². The number of rotatable bonds is 7. The third-order valence-corrected chi connectivity index (χ3v) is 5.69. The van der Waals surface area contributed by atoms with Gasteiger partial charge in [0.2, 0.25) is 10.0 Å². The lowest BCUT2D eigenvalue weighted by atomic mass is 10.1. The van der Waals surface area contributed by atoms with Crippen LogP contribution in [0, 0.1) is 6.92 Å². The maximum absolute atomic E-state index is 12.9. The van der Waals surface area contributed by atoms with E-state index in [9.17, 15) is 13.2 Å². The van der Waals surface area contributed by atoms with Crippen LogP contribution in [0.4, 0.5) is 5.69 Å². The van der Waals surface area contributed by atoms with E-state index < -0.39 is 10.0 Å². The molecule has 0 aliphatic rings. The molecule has 29 heavy (non-hydrogen) atoms. The molecular formula is C23H24N2O3S. The van der Waals surface area contributed by atoms with Crippen molar-refractivity contribution in [1.82, 2.24) is 5.32 Å².